The topological polar surface area (TPSA) is 90.3 Å². The van der Waals surface area contributed by atoms with Crippen LogP contribution in [0.25, 0.3) is 11.0 Å². The molecule has 36 heavy (non-hydrogen) atoms. The molecule has 0 fully saturated rings. The number of nitrogens with zero attached hydrogens (tertiary/aromatic N) is 3. The third-order valence-corrected chi connectivity index (χ3v) is 5.39. The van der Waals surface area contributed by atoms with E-state index in [2.05, 4.69) is 25.3 Å². The van der Waals surface area contributed by atoms with Gasteiger partial charge in [-0.2, -0.15) is 0 Å². The predicted molar refractivity (Wildman–Crippen MR) is 133 cm³/mol. The highest BCUT2D eigenvalue weighted by atomic mass is 19.4. The molecule has 0 aliphatic heterocycles. The van der Waals surface area contributed by atoms with Gasteiger partial charge in [0.2, 0.25) is 5.95 Å². The fraction of sp³-hybridized carbons (Fsp3) is 0.240. The smallest absolute Gasteiger partial charge is 0.457 e. The summed E-state index contributed by atoms with van der Waals surface area (Å²) in [6, 6.07) is 13.0. The number of carbonyl (C=O) groups is 1. The molecule has 0 atom stereocenters. The standard InChI is InChI=1S/C25H24F3N5O3.2H2/c1-14(2)18-11-15(5-8-22(18)36-25(26,27)28)31-24-32-19-12-16(6-7-21(19)33(24)4)35-17-9-10-30-20(13-17)23(34)29-3;;/h5-14H,1-4H3,(H,29,34)(H,31,32);2*1H. The Hall–Kier alpha value is -4.28. The molecule has 0 aliphatic carbocycles. The molecule has 1 amide bonds. The molecule has 2 aromatic carbocycles. The number of nitrogens with one attached hydrogen (secondary N) is 2. The highest BCUT2D eigenvalue weighted by Gasteiger charge is 2.32. The number of imidazole rings is 1. The summed E-state index contributed by atoms with van der Waals surface area (Å²) in [4.78, 5) is 20.4. The van der Waals surface area contributed by atoms with Crippen molar-refractivity contribution in [2.24, 2.45) is 7.05 Å². The molecule has 0 unspecified atom stereocenters. The molecule has 2 heterocycles. The number of aryl methyl sites for hydroxylation is 1. The summed E-state index contributed by atoms with van der Waals surface area (Å²) in [5.41, 5.74) is 2.67. The van der Waals surface area contributed by atoms with Crippen LogP contribution in [0.4, 0.5) is 24.8 Å². The van der Waals surface area contributed by atoms with Gasteiger partial charge in [0.25, 0.3) is 5.91 Å². The van der Waals surface area contributed by atoms with Gasteiger partial charge in [0.05, 0.1) is 11.0 Å². The Bertz CT molecular complexity index is 1430. The van der Waals surface area contributed by atoms with Gasteiger partial charge in [0.15, 0.2) is 0 Å². The first kappa shape index (κ1) is 24.8. The highest BCUT2D eigenvalue weighted by molar-refractivity contribution is 5.92. The van der Waals surface area contributed by atoms with Crippen molar-refractivity contribution in [1.29, 1.82) is 0 Å². The number of rotatable bonds is 7. The number of aromatic nitrogens is 3. The van der Waals surface area contributed by atoms with E-state index in [0.29, 0.717) is 34.2 Å². The van der Waals surface area contributed by atoms with Crippen LogP contribution in [0.3, 0.4) is 0 Å². The van der Waals surface area contributed by atoms with E-state index < -0.39 is 6.36 Å². The molecule has 8 nitrogen and oxygen atoms in total. The SMILES string of the molecule is CNC(=O)c1cc(Oc2ccc3c(c2)nc(Nc2ccc(OC(F)(F)F)c(C(C)C)c2)n3C)ccn1.[HH].[HH]. The molecular weight excluding hydrogens is 475 g/mol. The van der Waals surface area contributed by atoms with Gasteiger partial charge in [-0.15, -0.1) is 13.2 Å². The second kappa shape index (κ2) is 9.76. The molecule has 2 N–H and O–H groups in total. The van der Waals surface area contributed by atoms with E-state index in [-0.39, 0.29) is 26.1 Å². The molecule has 4 rings (SSSR count). The van der Waals surface area contributed by atoms with Crippen LogP contribution in [0.15, 0.2) is 54.7 Å². The Morgan fingerprint density at radius 1 is 1.08 bits per heavy atom. The quantitative estimate of drug-likeness (QED) is 0.304. The zero-order valence-electron chi connectivity index (χ0n) is 20.0. The van der Waals surface area contributed by atoms with Crippen molar-refractivity contribution in [2.45, 2.75) is 26.1 Å². The normalized spacial score (nSPS) is 11.6. The van der Waals surface area contributed by atoms with Crippen LogP contribution in [0, 0.1) is 0 Å². The third-order valence-electron chi connectivity index (χ3n) is 5.39. The molecule has 0 saturated carbocycles. The average molecular weight is 504 g/mol. The number of amides is 1. The number of halogens is 3. The first-order valence-corrected chi connectivity index (χ1v) is 11.0. The Labute approximate surface area is 208 Å². The van der Waals surface area contributed by atoms with Gasteiger partial charge in [-0.25, -0.2) is 4.98 Å². The van der Waals surface area contributed by atoms with E-state index in [4.69, 9.17) is 4.74 Å². The van der Waals surface area contributed by atoms with Crippen LogP contribution in [-0.4, -0.2) is 33.9 Å². The maximum absolute atomic E-state index is 12.8. The molecule has 0 radical (unpaired) electrons. The fourth-order valence-corrected chi connectivity index (χ4v) is 3.64. The van der Waals surface area contributed by atoms with Gasteiger partial charge >= 0.3 is 6.36 Å². The van der Waals surface area contributed by atoms with Gasteiger partial charge in [-0.05, 0) is 47.9 Å². The Morgan fingerprint density at radius 3 is 2.53 bits per heavy atom. The lowest BCUT2D eigenvalue weighted by atomic mass is 10.0. The van der Waals surface area contributed by atoms with E-state index in [0.717, 1.165) is 5.52 Å². The zero-order chi connectivity index (χ0) is 26.0. The minimum Gasteiger partial charge on any atom is -0.457 e. The van der Waals surface area contributed by atoms with Crippen molar-refractivity contribution in [1.82, 2.24) is 19.9 Å². The average Bonchev–Trinajstić information content (AvgIpc) is 3.13. The van der Waals surface area contributed by atoms with Crippen LogP contribution < -0.4 is 20.1 Å². The Morgan fingerprint density at radius 2 is 1.83 bits per heavy atom. The number of carbonyl (C=O) groups excluding carboxylic acids is 1. The summed E-state index contributed by atoms with van der Waals surface area (Å²) in [7, 11) is 3.34. The van der Waals surface area contributed by atoms with E-state index in [1.54, 1.807) is 38.1 Å². The van der Waals surface area contributed by atoms with Crippen LogP contribution in [0.1, 0.15) is 38.7 Å². The van der Waals surface area contributed by atoms with Gasteiger partial charge in [0.1, 0.15) is 22.9 Å². The molecule has 0 saturated heterocycles. The largest absolute Gasteiger partial charge is 0.573 e. The summed E-state index contributed by atoms with van der Waals surface area (Å²) < 4.78 is 50.2. The predicted octanol–water partition coefficient (Wildman–Crippen LogP) is 6.38. The molecule has 0 aliphatic rings. The number of fused-ring (bicyclic) bond motifs is 1. The lowest BCUT2D eigenvalue weighted by molar-refractivity contribution is -0.274. The number of hydrogen-bond acceptors (Lipinski definition) is 6. The molecular formula is C25H28F3N5O3. The minimum absolute atomic E-state index is 0. The van der Waals surface area contributed by atoms with Gasteiger partial charge in [-0.3, -0.25) is 9.78 Å². The van der Waals surface area contributed by atoms with Gasteiger partial charge in [-0.1, -0.05) is 13.8 Å². The van der Waals surface area contributed by atoms with E-state index >= 15 is 0 Å². The molecule has 0 bridgehead atoms. The van der Waals surface area contributed by atoms with Crippen LogP contribution in [0.5, 0.6) is 17.2 Å². The number of pyridine rings is 1. The van der Waals surface area contributed by atoms with Crippen LogP contribution in [0.2, 0.25) is 0 Å². The summed E-state index contributed by atoms with van der Waals surface area (Å²) in [6.07, 6.45) is -3.28. The molecule has 4 aromatic rings. The summed E-state index contributed by atoms with van der Waals surface area (Å²) in [5.74, 6) is 0.700. The summed E-state index contributed by atoms with van der Waals surface area (Å²) in [6.45, 7) is 3.58. The first-order chi connectivity index (χ1) is 17.0. The number of ether oxygens (including phenoxy) is 2. The van der Waals surface area contributed by atoms with Crippen molar-refractivity contribution in [2.75, 3.05) is 12.4 Å². The second-order valence-corrected chi connectivity index (χ2v) is 8.28. The van der Waals surface area contributed by atoms with Crippen molar-refractivity contribution in [3.05, 3.63) is 66.0 Å². The van der Waals surface area contributed by atoms with Crippen LogP contribution >= 0.6 is 0 Å². The monoisotopic (exact) mass is 503 g/mol. The van der Waals surface area contributed by atoms with Crippen molar-refractivity contribution >= 4 is 28.6 Å². The number of hydrogen-bond donors (Lipinski definition) is 2. The summed E-state index contributed by atoms with van der Waals surface area (Å²) >= 11 is 0. The maximum atomic E-state index is 12.8. The molecule has 11 heteroatoms. The van der Waals surface area contributed by atoms with E-state index in [1.807, 2.05) is 17.7 Å². The Balaban J connectivity index is 0.00000253. The molecule has 0 spiro atoms. The summed E-state index contributed by atoms with van der Waals surface area (Å²) in [5, 5.41) is 5.68. The van der Waals surface area contributed by atoms with Crippen molar-refractivity contribution in [3.8, 4) is 17.2 Å². The number of anilines is 2. The Kier molecular flexibility index (Phi) is 6.73. The first-order valence-electron chi connectivity index (χ1n) is 11.0. The maximum Gasteiger partial charge on any atom is 0.573 e. The van der Waals surface area contributed by atoms with E-state index in [1.165, 1.54) is 31.4 Å². The lowest BCUT2D eigenvalue weighted by Crippen LogP contribution is -2.18. The lowest BCUT2D eigenvalue weighted by Gasteiger charge is -2.17. The highest BCUT2D eigenvalue weighted by Crippen LogP contribution is 2.34. The van der Waals surface area contributed by atoms with Gasteiger partial charge < -0.3 is 24.7 Å². The van der Waals surface area contributed by atoms with E-state index in [9.17, 15) is 18.0 Å². The third kappa shape index (κ3) is 5.51. The number of alkyl halides is 3. The number of benzene rings is 2. The fourth-order valence-electron chi connectivity index (χ4n) is 3.64. The van der Waals surface area contributed by atoms with Gasteiger partial charge in [0, 0.05) is 41.0 Å². The van der Waals surface area contributed by atoms with Crippen molar-refractivity contribution in [3.63, 3.8) is 0 Å². The second-order valence-electron chi connectivity index (χ2n) is 8.28. The molecule has 2 aromatic heterocycles. The molecule has 192 valence electrons. The minimum atomic E-state index is -4.77. The zero-order valence-corrected chi connectivity index (χ0v) is 20.0. The van der Waals surface area contributed by atoms with Crippen molar-refractivity contribution < 1.29 is 30.3 Å². The van der Waals surface area contributed by atoms with Crippen LogP contribution in [-0.2, 0) is 7.05 Å².